The number of amides is 2. The number of nitrogens with two attached hydrogens (primary N) is 1. The Labute approximate surface area is 79.5 Å². The number of urea groups is 1. The van der Waals surface area contributed by atoms with Crippen LogP contribution in [0.1, 0.15) is 20.8 Å². The lowest BCUT2D eigenvalue weighted by Gasteiger charge is -2.17. The van der Waals surface area contributed by atoms with Crippen molar-refractivity contribution >= 4 is 6.03 Å². The van der Waals surface area contributed by atoms with Crippen LogP contribution in [0, 0.1) is 5.92 Å². The standard InChI is InChI=1S/C9H19N3O/c1-6(2)8-5-12(4-7(3)10)9(13)11-8/h6-8H,4-5,10H2,1-3H3,(H,11,13). The van der Waals surface area contributed by atoms with E-state index in [4.69, 9.17) is 5.73 Å². The fourth-order valence-electron chi connectivity index (χ4n) is 1.50. The number of rotatable bonds is 3. The van der Waals surface area contributed by atoms with Gasteiger partial charge in [0.05, 0.1) is 6.04 Å². The maximum absolute atomic E-state index is 11.4. The van der Waals surface area contributed by atoms with E-state index in [-0.39, 0.29) is 18.1 Å². The molecule has 1 rings (SSSR count). The van der Waals surface area contributed by atoms with Crippen molar-refractivity contribution in [3.63, 3.8) is 0 Å². The minimum Gasteiger partial charge on any atom is -0.333 e. The van der Waals surface area contributed by atoms with E-state index < -0.39 is 0 Å². The van der Waals surface area contributed by atoms with Crippen LogP contribution in [-0.2, 0) is 0 Å². The molecule has 0 aliphatic carbocycles. The molecule has 0 spiro atoms. The molecular weight excluding hydrogens is 166 g/mol. The topological polar surface area (TPSA) is 58.4 Å². The number of carbonyl (C=O) groups excluding carboxylic acids is 1. The highest BCUT2D eigenvalue weighted by molar-refractivity contribution is 5.76. The summed E-state index contributed by atoms with van der Waals surface area (Å²) in [6.45, 7) is 7.57. The average molecular weight is 185 g/mol. The van der Waals surface area contributed by atoms with Crippen LogP contribution in [0.15, 0.2) is 0 Å². The molecule has 1 aliphatic heterocycles. The van der Waals surface area contributed by atoms with E-state index >= 15 is 0 Å². The number of nitrogens with one attached hydrogen (secondary N) is 1. The van der Waals surface area contributed by atoms with Crippen molar-refractivity contribution in [2.45, 2.75) is 32.9 Å². The van der Waals surface area contributed by atoms with E-state index in [1.54, 1.807) is 4.90 Å². The summed E-state index contributed by atoms with van der Waals surface area (Å²) in [5, 5.41) is 2.94. The maximum atomic E-state index is 11.4. The molecule has 2 amide bonds. The van der Waals surface area contributed by atoms with Gasteiger partial charge in [-0.2, -0.15) is 0 Å². The largest absolute Gasteiger partial charge is 0.333 e. The van der Waals surface area contributed by atoms with Gasteiger partial charge in [-0.1, -0.05) is 13.8 Å². The second kappa shape index (κ2) is 3.96. The Morgan fingerprint density at radius 3 is 2.62 bits per heavy atom. The molecule has 0 radical (unpaired) electrons. The third-order valence-electron chi connectivity index (χ3n) is 2.33. The molecule has 0 aromatic heterocycles. The van der Waals surface area contributed by atoms with Crippen molar-refractivity contribution in [2.24, 2.45) is 11.7 Å². The Hall–Kier alpha value is -0.770. The van der Waals surface area contributed by atoms with E-state index in [1.807, 2.05) is 6.92 Å². The van der Waals surface area contributed by atoms with Crippen molar-refractivity contribution < 1.29 is 4.79 Å². The first-order chi connectivity index (χ1) is 6.00. The molecule has 0 aromatic carbocycles. The minimum atomic E-state index is 0.0241. The second-order valence-corrected chi connectivity index (χ2v) is 4.18. The van der Waals surface area contributed by atoms with Crippen molar-refractivity contribution in [3.05, 3.63) is 0 Å². The van der Waals surface area contributed by atoms with Gasteiger partial charge in [-0.15, -0.1) is 0 Å². The van der Waals surface area contributed by atoms with Crippen LogP contribution in [0.3, 0.4) is 0 Å². The van der Waals surface area contributed by atoms with Gasteiger partial charge in [-0.3, -0.25) is 0 Å². The number of hydrogen-bond acceptors (Lipinski definition) is 2. The van der Waals surface area contributed by atoms with Crippen molar-refractivity contribution in [3.8, 4) is 0 Å². The smallest absolute Gasteiger partial charge is 0.317 e. The molecule has 0 saturated carbocycles. The van der Waals surface area contributed by atoms with Gasteiger partial charge in [0.1, 0.15) is 0 Å². The molecular formula is C9H19N3O. The molecule has 1 heterocycles. The Kier molecular flexibility index (Phi) is 3.14. The molecule has 0 aromatic rings. The Balaban J connectivity index is 2.47. The van der Waals surface area contributed by atoms with Crippen LogP contribution in [0.5, 0.6) is 0 Å². The minimum absolute atomic E-state index is 0.0241. The van der Waals surface area contributed by atoms with Crippen molar-refractivity contribution in [1.82, 2.24) is 10.2 Å². The van der Waals surface area contributed by atoms with Crippen LogP contribution in [-0.4, -0.2) is 36.1 Å². The van der Waals surface area contributed by atoms with E-state index in [1.165, 1.54) is 0 Å². The van der Waals surface area contributed by atoms with Crippen LogP contribution in [0.4, 0.5) is 4.79 Å². The fourth-order valence-corrected chi connectivity index (χ4v) is 1.50. The molecule has 13 heavy (non-hydrogen) atoms. The van der Waals surface area contributed by atoms with Gasteiger partial charge < -0.3 is 16.0 Å². The third kappa shape index (κ3) is 2.59. The molecule has 2 atom stereocenters. The first-order valence-corrected chi connectivity index (χ1v) is 4.81. The zero-order chi connectivity index (χ0) is 10.0. The van der Waals surface area contributed by atoms with Crippen LogP contribution < -0.4 is 11.1 Å². The predicted molar refractivity (Wildman–Crippen MR) is 52.4 cm³/mol. The third-order valence-corrected chi connectivity index (χ3v) is 2.33. The molecule has 76 valence electrons. The van der Waals surface area contributed by atoms with Gasteiger partial charge in [0.25, 0.3) is 0 Å². The van der Waals surface area contributed by atoms with Gasteiger partial charge in [-0.05, 0) is 12.8 Å². The first kappa shape index (κ1) is 10.3. The van der Waals surface area contributed by atoms with Crippen molar-refractivity contribution in [2.75, 3.05) is 13.1 Å². The van der Waals surface area contributed by atoms with E-state index in [0.717, 1.165) is 6.54 Å². The van der Waals surface area contributed by atoms with E-state index in [0.29, 0.717) is 12.5 Å². The number of nitrogens with zero attached hydrogens (tertiary/aromatic N) is 1. The van der Waals surface area contributed by atoms with Crippen LogP contribution in [0.2, 0.25) is 0 Å². The van der Waals surface area contributed by atoms with Gasteiger partial charge >= 0.3 is 6.03 Å². The summed E-state index contributed by atoms with van der Waals surface area (Å²) >= 11 is 0. The molecule has 2 unspecified atom stereocenters. The Bertz CT molecular complexity index is 191. The molecule has 1 aliphatic rings. The summed E-state index contributed by atoms with van der Waals surface area (Å²) in [6, 6.07) is 0.360. The lowest BCUT2D eigenvalue weighted by atomic mass is 10.1. The molecule has 0 bridgehead atoms. The molecule has 1 saturated heterocycles. The summed E-state index contributed by atoms with van der Waals surface area (Å²) < 4.78 is 0. The number of hydrogen-bond donors (Lipinski definition) is 2. The van der Waals surface area contributed by atoms with Gasteiger partial charge in [0.15, 0.2) is 0 Å². The average Bonchev–Trinajstić information content (AvgIpc) is 2.31. The molecule has 3 N–H and O–H groups in total. The lowest BCUT2D eigenvalue weighted by molar-refractivity contribution is 0.215. The highest BCUT2D eigenvalue weighted by Crippen LogP contribution is 2.11. The zero-order valence-electron chi connectivity index (χ0n) is 8.58. The lowest BCUT2D eigenvalue weighted by Crippen LogP contribution is -2.37. The Morgan fingerprint density at radius 1 is 1.62 bits per heavy atom. The van der Waals surface area contributed by atoms with Gasteiger partial charge in [0.2, 0.25) is 0 Å². The SMILES string of the molecule is CC(N)CN1CC(C(C)C)NC1=O. The highest BCUT2D eigenvalue weighted by Gasteiger charge is 2.30. The summed E-state index contributed by atoms with van der Waals surface area (Å²) in [5.41, 5.74) is 5.63. The zero-order valence-corrected chi connectivity index (χ0v) is 8.58. The highest BCUT2D eigenvalue weighted by atomic mass is 16.2. The molecule has 1 fully saturated rings. The maximum Gasteiger partial charge on any atom is 0.317 e. The second-order valence-electron chi connectivity index (χ2n) is 4.18. The predicted octanol–water partition coefficient (Wildman–Crippen LogP) is 0.383. The van der Waals surface area contributed by atoms with Crippen LogP contribution in [0.25, 0.3) is 0 Å². The first-order valence-electron chi connectivity index (χ1n) is 4.81. The van der Waals surface area contributed by atoms with E-state index in [2.05, 4.69) is 19.2 Å². The van der Waals surface area contributed by atoms with Crippen LogP contribution >= 0.6 is 0 Å². The number of carbonyl (C=O) groups is 1. The molecule has 4 heteroatoms. The molecule has 4 nitrogen and oxygen atoms in total. The summed E-state index contributed by atoms with van der Waals surface area (Å²) in [4.78, 5) is 13.2. The van der Waals surface area contributed by atoms with E-state index in [9.17, 15) is 4.79 Å². The van der Waals surface area contributed by atoms with Crippen molar-refractivity contribution in [1.29, 1.82) is 0 Å². The van der Waals surface area contributed by atoms with Gasteiger partial charge in [-0.25, -0.2) is 4.79 Å². The normalized spacial score (nSPS) is 25.2. The summed E-state index contributed by atoms with van der Waals surface area (Å²) in [6.07, 6.45) is 0. The monoisotopic (exact) mass is 185 g/mol. The van der Waals surface area contributed by atoms with Gasteiger partial charge in [0, 0.05) is 19.1 Å². The Morgan fingerprint density at radius 2 is 2.23 bits per heavy atom. The quantitative estimate of drug-likeness (QED) is 0.668. The fraction of sp³-hybridized carbons (Fsp3) is 0.889. The summed E-state index contributed by atoms with van der Waals surface area (Å²) in [5.74, 6) is 0.488. The summed E-state index contributed by atoms with van der Waals surface area (Å²) in [7, 11) is 0.